The fourth-order valence-electron chi connectivity index (χ4n) is 3.74. The van der Waals surface area contributed by atoms with E-state index in [1.165, 1.54) is 24.2 Å². The van der Waals surface area contributed by atoms with E-state index in [2.05, 4.69) is 49.8 Å². The Bertz CT molecular complexity index is 898. The summed E-state index contributed by atoms with van der Waals surface area (Å²) >= 11 is 0. The number of aromatic nitrogens is 4. The van der Waals surface area contributed by atoms with Crippen LogP contribution >= 0.6 is 0 Å². The number of imidazole rings is 1. The van der Waals surface area contributed by atoms with E-state index in [-0.39, 0.29) is 0 Å². The molecule has 1 saturated heterocycles. The number of hydrogen-bond acceptors (Lipinski definition) is 4. The monoisotopic (exact) mass is 319 g/mol. The van der Waals surface area contributed by atoms with Gasteiger partial charge < -0.3 is 9.47 Å². The predicted molar refractivity (Wildman–Crippen MR) is 94.5 cm³/mol. The van der Waals surface area contributed by atoms with Crippen molar-refractivity contribution in [2.45, 2.75) is 38.6 Å². The fraction of sp³-hybridized carbons (Fsp3) is 0.421. The maximum absolute atomic E-state index is 4.92. The molecule has 2 aromatic heterocycles. The molecule has 1 aromatic carbocycles. The third-order valence-corrected chi connectivity index (χ3v) is 5.07. The number of anilines is 1. The van der Waals surface area contributed by atoms with Crippen LogP contribution in [0, 0.1) is 13.8 Å². The highest BCUT2D eigenvalue weighted by Crippen LogP contribution is 2.43. The van der Waals surface area contributed by atoms with Crippen molar-refractivity contribution in [3.8, 4) is 0 Å². The van der Waals surface area contributed by atoms with Crippen LogP contribution < -0.4 is 4.90 Å². The number of benzene rings is 1. The zero-order valence-corrected chi connectivity index (χ0v) is 14.1. The van der Waals surface area contributed by atoms with E-state index in [0.717, 1.165) is 35.9 Å². The standard InChI is InChI=1S/C19H21N5/c1-12-9-18(21-13(2)20-12)23-10-15(11-23)24-17-6-4-3-5-16(17)22-19(24)14-7-8-14/h3-6,9,14-15H,7-8,10-11H2,1-2H3. The molecule has 0 atom stereocenters. The summed E-state index contributed by atoms with van der Waals surface area (Å²) in [6, 6.07) is 11.1. The zero-order chi connectivity index (χ0) is 16.3. The Kier molecular flexibility index (Phi) is 2.93. The number of nitrogens with zero attached hydrogens (tertiary/aromatic N) is 5. The summed E-state index contributed by atoms with van der Waals surface area (Å²) in [6.07, 6.45) is 2.56. The number of hydrogen-bond donors (Lipinski definition) is 0. The lowest BCUT2D eigenvalue weighted by atomic mass is 10.1. The molecule has 0 bridgehead atoms. The van der Waals surface area contributed by atoms with Gasteiger partial charge >= 0.3 is 0 Å². The largest absolute Gasteiger partial charge is 0.352 e. The van der Waals surface area contributed by atoms with Gasteiger partial charge in [0.15, 0.2) is 0 Å². The van der Waals surface area contributed by atoms with Crippen molar-refractivity contribution < 1.29 is 0 Å². The first kappa shape index (κ1) is 14.0. The molecule has 2 fully saturated rings. The second-order valence-corrected chi connectivity index (χ2v) is 7.08. The van der Waals surface area contributed by atoms with Crippen molar-refractivity contribution in [3.63, 3.8) is 0 Å². The molecule has 1 aliphatic heterocycles. The highest BCUT2D eigenvalue weighted by molar-refractivity contribution is 5.76. The summed E-state index contributed by atoms with van der Waals surface area (Å²) in [5, 5.41) is 0. The molecule has 3 heterocycles. The van der Waals surface area contributed by atoms with Gasteiger partial charge in [0, 0.05) is 30.8 Å². The van der Waals surface area contributed by atoms with Crippen molar-refractivity contribution >= 4 is 16.9 Å². The molecule has 0 spiro atoms. The first-order valence-electron chi connectivity index (χ1n) is 8.73. The van der Waals surface area contributed by atoms with E-state index in [0.29, 0.717) is 12.0 Å². The lowest BCUT2D eigenvalue weighted by molar-refractivity contribution is 0.394. The summed E-state index contributed by atoms with van der Waals surface area (Å²) in [7, 11) is 0. The Morgan fingerprint density at radius 3 is 2.54 bits per heavy atom. The molecule has 1 aliphatic carbocycles. The van der Waals surface area contributed by atoms with Gasteiger partial charge in [-0.25, -0.2) is 15.0 Å². The SMILES string of the molecule is Cc1cc(N2CC(n3c(C4CC4)nc4ccccc43)C2)nc(C)n1. The van der Waals surface area contributed by atoms with Crippen molar-refractivity contribution in [2.24, 2.45) is 0 Å². The van der Waals surface area contributed by atoms with Gasteiger partial charge in [0.05, 0.1) is 17.1 Å². The second-order valence-electron chi connectivity index (χ2n) is 7.08. The molecular weight excluding hydrogens is 298 g/mol. The Morgan fingerprint density at radius 2 is 1.79 bits per heavy atom. The van der Waals surface area contributed by atoms with E-state index >= 15 is 0 Å². The fourth-order valence-corrected chi connectivity index (χ4v) is 3.74. The molecule has 0 amide bonds. The van der Waals surface area contributed by atoms with Gasteiger partial charge in [-0.15, -0.1) is 0 Å². The molecule has 3 aromatic rings. The van der Waals surface area contributed by atoms with Gasteiger partial charge in [-0.2, -0.15) is 0 Å². The quantitative estimate of drug-likeness (QED) is 0.742. The van der Waals surface area contributed by atoms with Gasteiger partial charge in [-0.1, -0.05) is 12.1 Å². The van der Waals surface area contributed by atoms with Crippen LogP contribution in [0.2, 0.25) is 0 Å². The van der Waals surface area contributed by atoms with Gasteiger partial charge in [0.1, 0.15) is 17.5 Å². The van der Waals surface area contributed by atoms with Crippen LogP contribution in [0.15, 0.2) is 30.3 Å². The van der Waals surface area contributed by atoms with Gasteiger partial charge in [-0.05, 0) is 38.8 Å². The zero-order valence-electron chi connectivity index (χ0n) is 14.1. The molecule has 5 nitrogen and oxygen atoms in total. The number of rotatable bonds is 3. The van der Waals surface area contributed by atoms with Crippen LogP contribution in [0.3, 0.4) is 0 Å². The second kappa shape index (κ2) is 5.03. The van der Waals surface area contributed by atoms with Gasteiger partial charge in [0.25, 0.3) is 0 Å². The maximum atomic E-state index is 4.92. The molecule has 122 valence electrons. The van der Waals surface area contributed by atoms with Gasteiger partial charge in [-0.3, -0.25) is 0 Å². The van der Waals surface area contributed by atoms with E-state index in [1.807, 2.05) is 13.8 Å². The van der Waals surface area contributed by atoms with Crippen LogP contribution in [0.5, 0.6) is 0 Å². The molecule has 0 N–H and O–H groups in total. The van der Waals surface area contributed by atoms with Crippen LogP contribution in [-0.2, 0) is 0 Å². The van der Waals surface area contributed by atoms with Crippen LogP contribution in [0.1, 0.15) is 42.1 Å². The first-order valence-corrected chi connectivity index (χ1v) is 8.73. The minimum absolute atomic E-state index is 0.489. The Morgan fingerprint density at radius 1 is 1.00 bits per heavy atom. The normalized spacial score (nSPS) is 18.2. The molecule has 1 saturated carbocycles. The van der Waals surface area contributed by atoms with E-state index in [9.17, 15) is 0 Å². The van der Waals surface area contributed by atoms with E-state index in [1.54, 1.807) is 0 Å². The third-order valence-electron chi connectivity index (χ3n) is 5.07. The molecule has 0 radical (unpaired) electrons. The topological polar surface area (TPSA) is 46.8 Å². The highest BCUT2D eigenvalue weighted by atomic mass is 15.3. The van der Waals surface area contributed by atoms with E-state index < -0.39 is 0 Å². The average molecular weight is 319 g/mol. The number of aryl methyl sites for hydroxylation is 2. The summed E-state index contributed by atoms with van der Waals surface area (Å²) in [6.45, 7) is 5.98. The van der Waals surface area contributed by atoms with Crippen LogP contribution in [0.4, 0.5) is 5.82 Å². The van der Waals surface area contributed by atoms with E-state index in [4.69, 9.17) is 4.98 Å². The average Bonchev–Trinajstić information content (AvgIpc) is 3.28. The number of para-hydroxylation sites is 2. The molecule has 24 heavy (non-hydrogen) atoms. The predicted octanol–water partition coefficient (Wildman–Crippen LogP) is 3.38. The summed E-state index contributed by atoms with van der Waals surface area (Å²) in [5.74, 6) is 3.85. The summed E-state index contributed by atoms with van der Waals surface area (Å²) in [4.78, 5) is 16.2. The summed E-state index contributed by atoms with van der Waals surface area (Å²) < 4.78 is 2.49. The van der Waals surface area contributed by atoms with Crippen LogP contribution in [-0.4, -0.2) is 32.6 Å². The molecule has 5 rings (SSSR count). The first-order chi connectivity index (χ1) is 11.7. The molecular formula is C19H21N5. The maximum Gasteiger partial charge on any atom is 0.132 e. The van der Waals surface area contributed by atoms with Crippen molar-refractivity contribution in [3.05, 3.63) is 47.7 Å². The summed E-state index contributed by atoms with van der Waals surface area (Å²) in [5.41, 5.74) is 3.44. The lowest BCUT2D eigenvalue weighted by Gasteiger charge is -2.41. The smallest absolute Gasteiger partial charge is 0.132 e. The lowest BCUT2D eigenvalue weighted by Crippen LogP contribution is -2.48. The van der Waals surface area contributed by atoms with Gasteiger partial charge in [0.2, 0.25) is 0 Å². The van der Waals surface area contributed by atoms with Crippen molar-refractivity contribution in [1.29, 1.82) is 0 Å². The highest BCUT2D eigenvalue weighted by Gasteiger charge is 2.36. The van der Waals surface area contributed by atoms with Crippen LogP contribution in [0.25, 0.3) is 11.0 Å². The number of fused-ring (bicyclic) bond motifs is 1. The minimum Gasteiger partial charge on any atom is -0.352 e. The van der Waals surface area contributed by atoms with Crippen molar-refractivity contribution in [2.75, 3.05) is 18.0 Å². The Hall–Kier alpha value is -2.43. The Labute approximate surface area is 141 Å². The van der Waals surface area contributed by atoms with Crippen molar-refractivity contribution in [1.82, 2.24) is 19.5 Å². The molecule has 0 unspecified atom stereocenters. The minimum atomic E-state index is 0.489. The Balaban J connectivity index is 1.47. The molecule has 5 heteroatoms. The molecule has 2 aliphatic rings. The third kappa shape index (κ3) is 2.19.